The summed E-state index contributed by atoms with van der Waals surface area (Å²) in [7, 11) is 0. The standard InChI is InChI=1S/C29H44N4O5/c1-10-21-13-15-22(16-14-21)25(26(35)31-19(4)5)33(20(6)12-11-18(2)3)27(36)23(17-24(30)34)32-28(37)38-29(7,8)9/h1,13-16,18-20,23,25H,11-12,17H2,2-9H3,(H2,30,34)(H,31,35)(H,32,37). The van der Waals surface area contributed by atoms with E-state index < -0.39 is 54.0 Å². The van der Waals surface area contributed by atoms with Crippen molar-refractivity contribution in [2.75, 3.05) is 0 Å². The number of nitrogens with two attached hydrogens (primary N) is 1. The highest BCUT2D eigenvalue weighted by atomic mass is 16.6. The lowest BCUT2D eigenvalue weighted by Crippen LogP contribution is -2.56. The molecule has 0 aliphatic heterocycles. The highest BCUT2D eigenvalue weighted by Gasteiger charge is 2.39. The Balaban J connectivity index is 3.64. The maximum Gasteiger partial charge on any atom is 0.408 e. The van der Waals surface area contributed by atoms with Crippen LogP contribution in [0.4, 0.5) is 4.79 Å². The summed E-state index contributed by atoms with van der Waals surface area (Å²) in [6, 6.07) is 3.82. The number of nitrogens with one attached hydrogen (secondary N) is 2. The number of benzene rings is 1. The first kappa shape index (κ1) is 32.5. The molecule has 0 saturated carbocycles. The number of hydrogen-bond acceptors (Lipinski definition) is 5. The fraction of sp³-hybridized carbons (Fsp3) is 0.586. The molecule has 0 saturated heterocycles. The summed E-state index contributed by atoms with van der Waals surface area (Å²) in [5.41, 5.74) is 5.80. The molecule has 38 heavy (non-hydrogen) atoms. The normalized spacial score (nSPS) is 13.7. The van der Waals surface area contributed by atoms with Gasteiger partial charge in [-0.05, 0) is 78.0 Å². The molecule has 1 rings (SSSR count). The number of alkyl carbamates (subject to hydrolysis) is 1. The average Bonchev–Trinajstić information content (AvgIpc) is 2.78. The Labute approximate surface area is 227 Å². The van der Waals surface area contributed by atoms with Crippen molar-refractivity contribution < 1.29 is 23.9 Å². The molecule has 0 heterocycles. The summed E-state index contributed by atoms with van der Waals surface area (Å²) in [6.07, 6.45) is 5.57. The molecule has 9 nitrogen and oxygen atoms in total. The van der Waals surface area contributed by atoms with Gasteiger partial charge >= 0.3 is 6.09 Å². The molecule has 0 aromatic heterocycles. The van der Waals surface area contributed by atoms with Gasteiger partial charge in [0.05, 0.1) is 6.42 Å². The van der Waals surface area contributed by atoms with E-state index in [1.165, 1.54) is 4.90 Å². The van der Waals surface area contributed by atoms with Crippen LogP contribution in [0.15, 0.2) is 24.3 Å². The van der Waals surface area contributed by atoms with Gasteiger partial charge in [0.2, 0.25) is 17.7 Å². The van der Waals surface area contributed by atoms with E-state index in [-0.39, 0.29) is 6.04 Å². The summed E-state index contributed by atoms with van der Waals surface area (Å²) in [4.78, 5) is 53.7. The molecule has 4 amide bonds. The van der Waals surface area contributed by atoms with Crippen LogP contribution in [-0.4, -0.2) is 52.4 Å². The first-order chi connectivity index (χ1) is 17.5. The Morgan fingerprint density at radius 2 is 1.58 bits per heavy atom. The maximum atomic E-state index is 14.1. The number of hydrogen-bond donors (Lipinski definition) is 3. The zero-order chi connectivity index (χ0) is 29.2. The number of terminal acetylenes is 1. The molecule has 0 aliphatic carbocycles. The molecule has 210 valence electrons. The highest BCUT2D eigenvalue weighted by Crippen LogP contribution is 2.28. The Kier molecular flexibility index (Phi) is 12.3. The topological polar surface area (TPSA) is 131 Å². The van der Waals surface area contributed by atoms with Crippen molar-refractivity contribution in [3.05, 3.63) is 35.4 Å². The molecule has 0 radical (unpaired) electrons. The van der Waals surface area contributed by atoms with Crippen LogP contribution < -0.4 is 16.4 Å². The Morgan fingerprint density at radius 1 is 1.00 bits per heavy atom. The summed E-state index contributed by atoms with van der Waals surface area (Å²) in [6.45, 7) is 14.7. The van der Waals surface area contributed by atoms with Gasteiger partial charge in [-0.1, -0.05) is 31.9 Å². The van der Waals surface area contributed by atoms with Gasteiger partial charge in [0.25, 0.3) is 0 Å². The minimum atomic E-state index is -1.33. The summed E-state index contributed by atoms with van der Waals surface area (Å²) >= 11 is 0. The minimum absolute atomic E-state index is 0.195. The van der Waals surface area contributed by atoms with Crippen molar-refractivity contribution in [2.45, 2.75) is 104 Å². The fourth-order valence-corrected chi connectivity index (χ4v) is 3.91. The smallest absolute Gasteiger partial charge is 0.408 e. The maximum absolute atomic E-state index is 14.1. The lowest BCUT2D eigenvalue weighted by atomic mass is 9.96. The third-order valence-corrected chi connectivity index (χ3v) is 5.64. The van der Waals surface area contributed by atoms with Gasteiger partial charge < -0.3 is 26.0 Å². The number of rotatable bonds is 12. The van der Waals surface area contributed by atoms with Crippen LogP contribution in [0.2, 0.25) is 0 Å². The first-order valence-electron chi connectivity index (χ1n) is 13.0. The number of primary amides is 1. The Hall–Kier alpha value is -3.54. The average molecular weight is 529 g/mol. The predicted octanol–water partition coefficient (Wildman–Crippen LogP) is 3.66. The van der Waals surface area contributed by atoms with Crippen LogP contribution in [0.5, 0.6) is 0 Å². The number of nitrogens with zero attached hydrogens (tertiary/aromatic N) is 1. The molecular weight excluding hydrogens is 484 g/mol. The van der Waals surface area contributed by atoms with Gasteiger partial charge in [-0.15, -0.1) is 6.42 Å². The molecule has 1 aromatic carbocycles. The molecule has 0 bridgehead atoms. The van der Waals surface area contributed by atoms with Gasteiger partial charge in [0.1, 0.15) is 17.7 Å². The predicted molar refractivity (Wildman–Crippen MR) is 148 cm³/mol. The molecular formula is C29H44N4O5. The quantitative estimate of drug-likeness (QED) is 0.357. The van der Waals surface area contributed by atoms with Crippen LogP contribution in [0.3, 0.4) is 0 Å². The molecule has 3 atom stereocenters. The highest BCUT2D eigenvalue weighted by molar-refractivity contribution is 5.94. The number of carbonyl (C=O) groups excluding carboxylic acids is 4. The molecule has 0 aliphatic rings. The number of ether oxygens (including phenoxy) is 1. The van der Waals surface area contributed by atoms with E-state index >= 15 is 0 Å². The Bertz CT molecular complexity index is 1010. The lowest BCUT2D eigenvalue weighted by molar-refractivity contribution is -0.146. The van der Waals surface area contributed by atoms with Gasteiger partial charge in [-0.3, -0.25) is 14.4 Å². The summed E-state index contributed by atoms with van der Waals surface area (Å²) in [5.74, 6) is 1.11. The van der Waals surface area contributed by atoms with Crippen LogP contribution in [0.1, 0.15) is 91.8 Å². The van der Waals surface area contributed by atoms with Crippen molar-refractivity contribution in [3.8, 4) is 12.3 Å². The zero-order valence-electron chi connectivity index (χ0n) is 24.0. The van der Waals surface area contributed by atoms with Crippen LogP contribution in [-0.2, 0) is 19.1 Å². The van der Waals surface area contributed by atoms with E-state index in [4.69, 9.17) is 16.9 Å². The van der Waals surface area contributed by atoms with Crippen molar-refractivity contribution >= 4 is 23.8 Å². The third kappa shape index (κ3) is 10.8. The van der Waals surface area contributed by atoms with E-state index in [1.54, 1.807) is 45.0 Å². The largest absolute Gasteiger partial charge is 0.444 e. The summed E-state index contributed by atoms with van der Waals surface area (Å²) in [5, 5.41) is 5.40. The van der Waals surface area contributed by atoms with Crippen molar-refractivity contribution in [2.24, 2.45) is 11.7 Å². The second-order valence-corrected chi connectivity index (χ2v) is 11.3. The summed E-state index contributed by atoms with van der Waals surface area (Å²) < 4.78 is 5.32. The van der Waals surface area contributed by atoms with Crippen LogP contribution in [0.25, 0.3) is 0 Å². The first-order valence-corrected chi connectivity index (χ1v) is 13.0. The minimum Gasteiger partial charge on any atom is -0.444 e. The van der Waals surface area contributed by atoms with Crippen LogP contribution >= 0.6 is 0 Å². The molecule has 4 N–H and O–H groups in total. The number of carbonyl (C=O) groups is 4. The van der Waals surface area contributed by atoms with Gasteiger partial charge in [-0.2, -0.15) is 0 Å². The van der Waals surface area contributed by atoms with E-state index in [0.717, 1.165) is 6.42 Å². The monoisotopic (exact) mass is 528 g/mol. The molecule has 0 fully saturated rings. The number of amides is 4. The molecule has 1 aromatic rings. The fourth-order valence-electron chi connectivity index (χ4n) is 3.91. The van der Waals surface area contributed by atoms with Gasteiger partial charge in [0, 0.05) is 17.6 Å². The van der Waals surface area contributed by atoms with Gasteiger partial charge in [0.15, 0.2) is 0 Å². The molecule has 0 spiro atoms. The van der Waals surface area contributed by atoms with E-state index in [0.29, 0.717) is 23.5 Å². The van der Waals surface area contributed by atoms with E-state index in [2.05, 4.69) is 30.4 Å². The lowest BCUT2D eigenvalue weighted by Gasteiger charge is -2.39. The molecule has 3 unspecified atom stereocenters. The third-order valence-electron chi connectivity index (χ3n) is 5.64. The van der Waals surface area contributed by atoms with Crippen LogP contribution in [0, 0.1) is 18.3 Å². The van der Waals surface area contributed by atoms with Gasteiger partial charge in [-0.25, -0.2) is 4.79 Å². The zero-order valence-corrected chi connectivity index (χ0v) is 24.0. The van der Waals surface area contributed by atoms with E-state index in [9.17, 15) is 19.2 Å². The van der Waals surface area contributed by atoms with Crippen molar-refractivity contribution in [3.63, 3.8) is 0 Å². The Morgan fingerprint density at radius 3 is 2.03 bits per heavy atom. The van der Waals surface area contributed by atoms with Crippen molar-refractivity contribution in [1.82, 2.24) is 15.5 Å². The van der Waals surface area contributed by atoms with E-state index in [1.807, 2.05) is 20.8 Å². The van der Waals surface area contributed by atoms with Crippen molar-refractivity contribution in [1.29, 1.82) is 0 Å². The SMILES string of the molecule is C#Cc1ccc(C(C(=O)NC(C)C)N(C(=O)C(CC(N)=O)NC(=O)OC(C)(C)C)C(C)CCC(C)C)cc1. The second-order valence-electron chi connectivity index (χ2n) is 11.3. The second kappa shape index (κ2) is 14.4. The molecule has 9 heteroatoms.